The van der Waals surface area contributed by atoms with Crippen molar-refractivity contribution < 1.29 is 4.42 Å². The zero-order valence-electron chi connectivity index (χ0n) is 16.0. The number of fused-ring (bicyclic) bond motifs is 2. The number of hydrogen-bond donors (Lipinski definition) is 0. The Hall–Kier alpha value is -2.68. The molecule has 0 aliphatic rings. The molecule has 0 unspecified atom stereocenters. The van der Waals surface area contributed by atoms with Crippen LogP contribution in [-0.2, 0) is 5.41 Å². The number of rotatable bonds is 2. The van der Waals surface area contributed by atoms with E-state index >= 15 is 0 Å². The van der Waals surface area contributed by atoms with E-state index < -0.39 is 0 Å². The number of aromatic nitrogens is 2. The van der Waals surface area contributed by atoms with Crippen LogP contribution in [0.2, 0.25) is 0 Å². The molecule has 0 atom stereocenters. The first-order valence-corrected chi connectivity index (χ1v) is 9.12. The number of nitrogens with zero attached hydrogens (tertiary/aromatic N) is 2. The quantitative estimate of drug-likeness (QED) is 0.418. The molecule has 0 aliphatic carbocycles. The Morgan fingerprint density at radius 2 is 1.77 bits per heavy atom. The van der Waals surface area contributed by atoms with E-state index in [-0.39, 0.29) is 5.41 Å². The highest BCUT2D eigenvalue weighted by molar-refractivity contribution is 5.95. The fourth-order valence-electron chi connectivity index (χ4n) is 3.55. The van der Waals surface area contributed by atoms with Gasteiger partial charge in [0.25, 0.3) is 0 Å². The highest BCUT2D eigenvalue weighted by Crippen LogP contribution is 2.37. The molecule has 0 aliphatic heterocycles. The number of hydrogen-bond acceptors (Lipinski definition) is 3. The van der Waals surface area contributed by atoms with E-state index in [9.17, 15) is 0 Å². The molecular formula is C23H24N2O. The highest BCUT2D eigenvalue weighted by atomic mass is 16.3. The summed E-state index contributed by atoms with van der Waals surface area (Å²) < 4.78 is 5.91. The zero-order chi connectivity index (χ0) is 18.5. The van der Waals surface area contributed by atoms with Gasteiger partial charge >= 0.3 is 0 Å². The number of furan rings is 1. The highest BCUT2D eigenvalue weighted by Gasteiger charge is 2.21. The average molecular weight is 344 g/mol. The van der Waals surface area contributed by atoms with Crippen molar-refractivity contribution in [1.29, 1.82) is 0 Å². The van der Waals surface area contributed by atoms with Gasteiger partial charge in [-0.3, -0.25) is 0 Å². The van der Waals surface area contributed by atoms with Crippen LogP contribution in [-0.4, -0.2) is 9.97 Å². The van der Waals surface area contributed by atoms with E-state index in [1.54, 1.807) is 6.33 Å². The monoisotopic (exact) mass is 344 g/mol. The van der Waals surface area contributed by atoms with Gasteiger partial charge in [-0.1, -0.05) is 58.9 Å². The summed E-state index contributed by atoms with van der Waals surface area (Å²) in [6, 6.07) is 13.0. The molecule has 0 saturated heterocycles. The van der Waals surface area contributed by atoms with Crippen LogP contribution in [0.4, 0.5) is 0 Å². The minimum Gasteiger partial charge on any atom is -0.460 e. The van der Waals surface area contributed by atoms with Crippen molar-refractivity contribution in [3.05, 3.63) is 60.1 Å². The van der Waals surface area contributed by atoms with Gasteiger partial charge in [-0.15, -0.1) is 0 Å². The molecule has 3 nitrogen and oxygen atoms in total. The topological polar surface area (TPSA) is 38.9 Å². The van der Waals surface area contributed by atoms with E-state index in [2.05, 4.69) is 81.0 Å². The van der Waals surface area contributed by atoms with Crippen LogP contribution in [0.3, 0.4) is 0 Å². The largest absolute Gasteiger partial charge is 0.460 e. The van der Waals surface area contributed by atoms with Crippen molar-refractivity contribution in [2.75, 3.05) is 0 Å². The third-order valence-corrected chi connectivity index (χ3v) is 4.95. The van der Waals surface area contributed by atoms with Gasteiger partial charge in [0.15, 0.2) is 5.58 Å². The summed E-state index contributed by atoms with van der Waals surface area (Å²) in [6.45, 7) is 11.0. The molecule has 4 aromatic rings. The average Bonchev–Trinajstić information content (AvgIpc) is 3.04. The lowest BCUT2D eigenvalue weighted by Crippen LogP contribution is -2.12. The van der Waals surface area contributed by atoms with Crippen molar-refractivity contribution in [2.45, 2.75) is 46.0 Å². The van der Waals surface area contributed by atoms with Crippen molar-refractivity contribution >= 4 is 21.9 Å². The van der Waals surface area contributed by atoms with Crippen LogP contribution in [0.1, 0.15) is 51.7 Å². The van der Waals surface area contributed by atoms with Gasteiger partial charge in [-0.2, -0.15) is 0 Å². The molecule has 2 aromatic carbocycles. The van der Waals surface area contributed by atoms with E-state index in [0.717, 1.165) is 27.9 Å². The molecule has 0 bridgehead atoms. The Labute approximate surface area is 154 Å². The van der Waals surface area contributed by atoms with Crippen LogP contribution in [0.15, 0.2) is 53.4 Å². The third-order valence-electron chi connectivity index (χ3n) is 4.95. The van der Waals surface area contributed by atoms with Gasteiger partial charge in [-0.05, 0) is 39.8 Å². The van der Waals surface area contributed by atoms with Crippen LogP contribution < -0.4 is 0 Å². The summed E-state index contributed by atoms with van der Waals surface area (Å²) in [6.07, 6.45) is 3.46. The summed E-state index contributed by atoms with van der Waals surface area (Å²) in [5.74, 6) is 0.362. The van der Waals surface area contributed by atoms with Crippen LogP contribution in [0.25, 0.3) is 33.1 Å². The predicted molar refractivity (Wildman–Crippen MR) is 108 cm³/mol. The Morgan fingerprint density at radius 1 is 1.00 bits per heavy atom. The van der Waals surface area contributed by atoms with E-state index in [1.807, 2.05) is 6.26 Å². The summed E-state index contributed by atoms with van der Waals surface area (Å²) in [7, 11) is 0. The second-order valence-electron chi connectivity index (χ2n) is 8.24. The summed E-state index contributed by atoms with van der Waals surface area (Å²) in [5.41, 5.74) is 6.09. The maximum Gasteiger partial charge on any atom is 0.178 e. The van der Waals surface area contributed by atoms with Crippen molar-refractivity contribution in [1.82, 2.24) is 9.97 Å². The Kier molecular flexibility index (Phi) is 3.83. The lowest BCUT2D eigenvalue weighted by atomic mass is 9.82. The minimum absolute atomic E-state index is 0.0357. The molecule has 26 heavy (non-hydrogen) atoms. The molecule has 0 amide bonds. The molecule has 2 heterocycles. The Morgan fingerprint density at radius 3 is 2.50 bits per heavy atom. The standard InChI is InChI=1S/C23H24N2O/c1-14(2)18-12-26-22-20(24-13-25-21(18)22)16-10-15-8-6-7-9-17(15)19(11-16)23(3,4)5/h6-14H,1-5H3. The van der Waals surface area contributed by atoms with E-state index in [4.69, 9.17) is 4.42 Å². The van der Waals surface area contributed by atoms with Gasteiger partial charge < -0.3 is 4.42 Å². The van der Waals surface area contributed by atoms with Gasteiger partial charge in [0.1, 0.15) is 17.5 Å². The van der Waals surface area contributed by atoms with Gasteiger partial charge in [0.05, 0.1) is 6.26 Å². The molecule has 4 rings (SSSR count). The Bertz CT molecular complexity index is 1100. The summed E-state index contributed by atoms with van der Waals surface area (Å²) >= 11 is 0. The molecule has 0 saturated carbocycles. The molecule has 132 valence electrons. The molecule has 2 aromatic heterocycles. The van der Waals surface area contributed by atoms with Gasteiger partial charge in [0.2, 0.25) is 0 Å². The molecular weight excluding hydrogens is 320 g/mol. The maximum absolute atomic E-state index is 5.91. The fraction of sp³-hybridized carbons (Fsp3) is 0.304. The predicted octanol–water partition coefficient (Wildman–Crippen LogP) is 6.46. The smallest absolute Gasteiger partial charge is 0.178 e. The van der Waals surface area contributed by atoms with Crippen LogP contribution in [0, 0.1) is 0 Å². The molecule has 0 N–H and O–H groups in total. The molecule has 3 heteroatoms. The molecule has 0 radical (unpaired) electrons. The first kappa shape index (κ1) is 16.8. The van der Waals surface area contributed by atoms with Crippen molar-refractivity contribution in [3.63, 3.8) is 0 Å². The minimum atomic E-state index is 0.0357. The second-order valence-corrected chi connectivity index (χ2v) is 8.24. The van der Waals surface area contributed by atoms with E-state index in [1.165, 1.54) is 16.3 Å². The normalized spacial score (nSPS) is 12.4. The SMILES string of the molecule is CC(C)c1coc2c(-c3cc(C(C)(C)C)c4ccccc4c3)ncnc12. The maximum atomic E-state index is 5.91. The van der Waals surface area contributed by atoms with Crippen molar-refractivity contribution in [3.8, 4) is 11.3 Å². The van der Waals surface area contributed by atoms with Crippen molar-refractivity contribution in [2.24, 2.45) is 0 Å². The van der Waals surface area contributed by atoms with Crippen LogP contribution in [0.5, 0.6) is 0 Å². The van der Waals surface area contributed by atoms with Gasteiger partial charge in [-0.25, -0.2) is 9.97 Å². The zero-order valence-corrected chi connectivity index (χ0v) is 16.0. The summed E-state index contributed by atoms with van der Waals surface area (Å²) in [4.78, 5) is 9.05. The molecule has 0 spiro atoms. The lowest BCUT2D eigenvalue weighted by Gasteiger charge is -2.22. The lowest BCUT2D eigenvalue weighted by molar-refractivity contribution is 0.595. The first-order valence-electron chi connectivity index (χ1n) is 9.12. The second kappa shape index (κ2) is 5.94. The van der Waals surface area contributed by atoms with E-state index in [0.29, 0.717) is 5.92 Å². The fourth-order valence-corrected chi connectivity index (χ4v) is 3.55. The van der Waals surface area contributed by atoms with Gasteiger partial charge in [0, 0.05) is 11.1 Å². The summed E-state index contributed by atoms with van der Waals surface area (Å²) in [5, 5.41) is 2.51. The van der Waals surface area contributed by atoms with Crippen LogP contribution >= 0.6 is 0 Å². The number of benzene rings is 2. The molecule has 0 fully saturated rings. The first-order chi connectivity index (χ1) is 12.4. The third kappa shape index (κ3) is 2.68. The Balaban J connectivity index is 2.02.